The van der Waals surface area contributed by atoms with Gasteiger partial charge in [0.15, 0.2) is 11.5 Å². The lowest BCUT2D eigenvalue weighted by atomic mass is 10.0. The summed E-state index contributed by atoms with van der Waals surface area (Å²) in [5.74, 6) is 1.58. The molecule has 1 atom stereocenters. The Morgan fingerprint density at radius 3 is 2.90 bits per heavy atom. The monoisotopic (exact) mass is 410 g/mol. The standard InChI is InChI=1S/C23H30N4O3/c1-17(2)16-30-22-14-18(10-11-21(22)29-3)26-23(28)20-9-5-7-13-27(20)25-15-19-8-4-6-12-24-19/h4,6,8,10-12,14-15,17,20H,5,7,9,13,16H2,1-3H3,(H,26,28)/b25-15+. The number of aromatic nitrogens is 1. The van der Waals surface area contributed by atoms with Gasteiger partial charge in [-0.1, -0.05) is 19.9 Å². The Morgan fingerprint density at radius 1 is 1.30 bits per heavy atom. The van der Waals surface area contributed by atoms with Crippen molar-refractivity contribution in [2.45, 2.75) is 39.2 Å². The van der Waals surface area contributed by atoms with Crippen molar-refractivity contribution in [3.05, 3.63) is 48.3 Å². The van der Waals surface area contributed by atoms with Crippen LogP contribution in [0.1, 0.15) is 38.8 Å². The van der Waals surface area contributed by atoms with Crippen molar-refractivity contribution >= 4 is 17.8 Å². The summed E-state index contributed by atoms with van der Waals surface area (Å²) in [4.78, 5) is 17.3. The SMILES string of the molecule is COc1ccc(NC(=O)C2CCCCN2/N=C/c2ccccn2)cc1OCC(C)C. The number of nitrogens with zero attached hydrogens (tertiary/aromatic N) is 3. The molecule has 160 valence electrons. The van der Waals surface area contributed by atoms with Crippen molar-refractivity contribution in [3.63, 3.8) is 0 Å². The number of benzene rings is 1. The Morgan fingerprint density at radius 2 is 2.17 bits per heavy atom. The van der Waals surface area contributed by atoms with E-state index < -0.39 is 0 Å². The fraction of sp³-hybridized carbons (Fsp3) is 0.435. The Bertz CT molecular complexity index is 855. The summed E-state index contributed by atoms with van der Waals surface area (Å²) in [6.45, 7) is 5.49. The molecule has 1 N–H and O–H groups in total. The van der Waals surface area contributed by atoms with Gasteiger partial charge in [-0.15, -0.1) is 0 Å². The van der Waals surface area contributed by atoms with Gasteiger partial charge in [-0.05, 0) is 49.4 Å². The normalized spacial score (nSPS) is 16.7. The molecule has 3 rings (SSSR count). The quantitative estimate of drug-likeness (QED) is 0.667. The maximum Gasteiger partial charge on any atom is 0.248 e. The van der Waals surface area contributed by atoms with Crippen molar-refractivity contribution in [1.82, 2.24) is 9.99 Å². The number of rotatable bonds is 8. The molecule has 0 saturated carbocycles. The Kier molecular flexibility index (Phi) is 7.65. The first-order valence-corrected chi connectivity index (χ1v) is 10.4. The van der Waals surface area contributed by atoms with Crippen LogP contribution in [0.25, 0.3) is 0 Å². The largest absolute Gasteiger partial charge is 0.493 e. The minimum Gasteiger partial charge on any atom is -0.493 e. The van der Waals surface area contributed by atoms with Gasteiger partial charge in [0.1, 0.15) is 6.04 Å². The van der Waals surface area contributed by atoms with E-state index in [2.05, 4.69) is 29.2 Å². The van der Waals surface area contributed by atoms with E-state index in [1.54, 1.807) is 19.5 Å². The zero-order valence-electron chi connectivity index (χ0n) is 17.9. The molecule has 0 spiro atoms. The molecule has 30 heavy (non-hydrogen) atoms. The molecule has 1 aromatic carbocycles. The van der Waals surface area contributed by atoms with E-state index in [1.807, 2.05) is 41.4 Å². The summed E-state index contributed by atoms with van der Waals surface area (Å²) in [6.07, 6.45) is 6.21. The van der Waals surface area contributed by atoms with Crippen LogP contribution in [0.3, 0.4) is 0 Å². The summed E-state index contributed by atoms with van der Waals surface area (Å²) in [7, 11) is 1.61. The first-order valence-electron chi connectivity index (χ1n) is 10.4. The number of ether oxygens (including phenoxy) is 2. The van der Waals surface area contributed by atoms with E-state index in [-0.39, 0.29) is 11.9 Å². The van der Waals surface area contributed by atoms with Gasteiger partial charge in [0.25, 0.3) is 0 Å². The molecule has 7 nitrogen and oxygen atoms in total. The van der Waals surface area contributed by atoms with E-state index in [9.17, 15) is 4.79 Å². The van der Waals surface area contributed by atoms with Gasteiger partial charge in [-0.2, -0.15) is 5.10 Å². The minimum absolute atomic E-state index is 0.0761. The topological polar surface area (TPSA) is 76.0 Å². The summed E-state index contributed by atoms with van der Waals surface area (Å²) in [6, 6.07) is 10.8. The summed E-state index contributed by atoms with van der Waals surface area (Å²) in [5, 5.41) is 9.40. The predicted octanol–water partition coefficient (Wildman–Crippen LogP) is 3.95. The van der Waals surface area contributed by atoms with Gasteiger partial charge in [0.2, 0.25) is 5.91 Å². The number of carbonyl (C=O) groups excluding carboxylic acids is 1. The van der Waals surface area contributed by atoms with Gasteiger partial charge in [-0.3, -0.25) is 14.8 Å². The summed E-state index contributed by atoms with van der Waals surface area (Å²) >= 11 is 0. The molecule has 1 aliphatic heterocycles. The molecule has 1 saturated heterocycles. The molecule has 2 aromatic rings. The van der Waals surface area contributed by atoms with Crippen LogP contribution in [0.2, 0.25) is 0 Å². The molecule has 1 amide bonds. The second kappa shape index (κ2) is 10.6. The smallest absolute Gasteiger partial charge is 0.248 e. The summed E-state index contributed by atoms with van der Waals surface area (Å²) < 4.78 is 11.2. The van der Waals surface area contributed by atoms with E-state index in [4.69, 9.17) is 9.47 Å². The molecule has 1 fully saturated rings. The number of hydrogen-bond donors (Lipinski definition) is 1. The molecular formula is C23H30N4O3. The highest BCUT2D eigenvalue weighted by molar-refractivity contribution is 5.95. The number of hydrazone groups is 1. The lowest BCUT2D eigenvalue weighted by molar-refractivity contribution is -0.122. The highest BCUT2D eigenvalue weighted by Crippen LogP contribution is 2.31. The van der Waals surface area contributed by atoms with Crippen molar-refractivity contribution in [1.29, 1.82) is 0 Å². The number of methoxy groups -OCH3 is 1. The van der Waals surface area contributed by atoms with Gasteiger partial charge < -0.3 is 14.8 Å². The number of amides is 1. The summed E-state index contributed by atoms with van der Waals surface area (Å²) in [5.41, 5.74) is 1.45. The third-order valence-corrected chi connectivity index (χ3v) is 4.81. The first-order chi connectivity index (χ1) is 14.6. The van der Waals surface area contributed by atoms with Crippen molar-refractivity contribution in [2.24, 2.45) is 11.0 Å². The van der Waals surface area contributed by atoms with Crippen LogP contribution in [0.15, 0.2) is 47.7 Å². The van der Waals surface area contributed by atoms with Crippen molar-refractivity contribution in [2.75, 3.05) is 25.6 Å². The maximum atomic E-state index is 13.0. The fourth-order valence-corrected chi connectivity index (χ4v) is 3.26. The average molecular weight is 411 g/mol. The molecular weight excluding hydrogens is 380 g/mol. The highest BCUT2D eigenvalue weighted by Gasteiger charge is 2.28. The lowest BCUT2D eigenvalue weighted by Gasteiger charge is -2.32. The molecule has 1 unspecified atom stereocenters. The maximum absolute atomic E-state index is 13.0. The molecule has 2 heterocycles. The molecule has 0 aliphatic carbocycles. The number of piperidine rings is 1. The van der Waals surface area contributed by atoms with Crippen LogP contribution < -0.4 is 14.8 Å². The van der Waals surface area contributed by atoms with Crippen LogP contribution in [0.4, 0.5) is 5.69 Å². The second-order valence-electron chi connectivity index (χ2n) is 7.73. The van der Waals surface area contributed by atoms with E-state index >= 15 is 0 Å². The number of pyridine rings is 1. The van der Waals surface area contributed by atoms with E-state index in [0.29, 0.717) is 29.7 Å². The predicted molar refractivity (Wildman–Crippen MR) is 118 cm³/mol. The third-order valence-electron chi connectivity index (χ3n) is 4.81. The molecule has 7 heteroatoms. The lowest BCUT2D eigenvalue weighted by Crippen LogP contribution is -2.44. The third kappa shape index (κ3) is 5.95. The Labute approximate surface area is 178 Å². The zero-order chi connectivity index (χ0) is 21.3. The zero-order valence-corrected chi connectivity index (χ0v) is 17.9. The second-order valence-corrected chi connectivity index (χ2v) is 7.73. The molecule has 1 aliphatic rings. The van der Waals surface area contributed by atoms with Crippen molar-refractivity contribution < 1.29 is 14.3 Å². The van der Waals surface area contributed by atoms with E-state index in [1.165, 1.54) is 0 Å². The Hall–Kier alpha value is -3.09. The van der Waals surface area contributed by atoms with Gasteiger partial charge >= 0.3 is 0 Å². The van der Waals surface area contributed by atoms with Crippen LogP contribution >= 0.6 is 0 Å². The van der Waals surface area contributed by atoms with Gasteiger partial charge in [0.05, 0.1) is 25.6 Å². The van der Waals surface area contributed by atoms with Crippen LogP contribution in [0, 0.1) is 5.92 Å². The highest BCUT2D eigenvalue weighted by atomic mass is 16.5. The Balaban J connectivity index is 1.70. The van der Waals surface area contributed by atoms with Gasteiger partial charge in [0, 0.05) is 24.5 Å². The number of hydrogen-bond acceptors (Lipinski definition) is 6. The number of nitrogens with one attached hydrogen (secondary N) is 1. The minimum atomic E-state index is -0.319. The number of carbonyl (C=O) groups is 1. The first kappa shape index (κ1) is 21.6. The molecule has 0 radical (unpaired) electrons. The fourth-order valence-electron chi connectivity index (χ4n) is 3.26. The van der Waals surface area contributed by atoms with Crippen LogP contribution in [0.5, 0.6) is 11.5 Å². The van der Waals surface area contributed by atoms with Gasteiger partial charge in [-0.25, -0.2) is 0 Å². The van der Waals surface area contributed by atoms with Crippen LogP contribution in [-0.4, -0.2) is 48.4 Å². The molecule has 1 aromatic heterocycles. The average Bonchev–Trinajstić information content (AvgIpc) is 2.77. The number of anilines is 1. The van der Waals surface area contributed by atoms with E-state index in [0.717, 1.165) is 31.5 Å². The van der Waals surface area contributed by atoms with Crippen molar-refractivity contribution in [3.8, 4) is 11.5 Å². The molecule has 0 bridgehead atoms. The van der Waals surface area contributed by atoms with Crippen LogP contribution in [-0.2, 0) is 4.79 Å².